The Morgan fingerprint density at radius 1 is 1.17 bits per heavy atom. The predicted molar refractivity (Wildman–Crippen MR) is 76.3 cm³/mol. The first-order valence-corrected chi connectivity index (χ1v) is 6.10. The molecule has 0 fully saturated rings. The SMILES string of the molecule is COc1ccc(C=CCNC(C)(C)C)c(OC)c1. The Morgan fingerprint density at radius 2 is 1.89 bits per heavy atom. The molecule has 1 rings (SSSR count). The normalized spacial score (nSPS) is 11.8. The maximum absolute atomic E-state index is 5.33. The number of hydrogen-bond donors (Lipinski definition) is 1. The van der Waals surface area contributed by atoms with E-state index in [4.69, 9.17) is 9.47 Å². The lowest BCUT2D eigenvalue weighted by Crippen LogP contribution is -2.35. The van der Waals surface area contributed by atoms with Crippen LogP contribution in [0.15, 0.2) is 24.3 Å². The van der Waals surface area contributed by atoms with Crippen molar-refractivity contribution in [2.45, 2.75) is 26.3 Å². The van der Waals surface area contributed by atoms with Crippen molar-refractivity contribution in [2.24, 2.45) is 0 Å². The van der Waals surface area contributed by atoms with Gasteiger partial charge in [-0.25, -0.2) is 0 Å². The molecule has 1 aromatic carbocycles. The molecule has 1 N–H and O–H groups in total. The molecule has 3 nitrogen and oxygen atoms in total. The summed E-state index contributed by atoms with van der Waals surface area (Å²) in [6.45, 7) is 7.27. The van der Waals surface area contributed by atoms with Crippen LogP contribution >= 0.6 is 0 Å². The summed E-state index contributed by atoms with van der Waals surface area (Å²) in [4.78, 5) is 0. The highest BCUT2D eigenvalue weighted by Gasteiger charge is 2.06. The Morgan fingerprint density at radius 3 is 2.44 bits per heavy atom. The fourth-order valence-corrected chi connectivity index (χ4v) is 1.51. The highest BCUT2D eigenvalue weighted by molar-refractivity contribution is 5.59. The Kier molecular flexibility index (Phi) is 5.23. The van der Waals surface area contributed by atoms with Crippen molar-refractivity contribution < 1.29 is 9.47 Å². The predicted octanol–water partition coefficient (Wildman–Crippen LogP) is 3.11. The molecular formula is C15H23NO2. The van der Waals surface area contributed by atoms with Crippen molar-refractivity contribution in [3.8, 4) is 11.5 Å². The molecular weight excluding hydrogens is 226 g/mol. The number of ether oxygens (including phenoxy) is 2. The van der Waals surface area contributed by atoms with Gasteiger partial charge in [0, 0.05) is 23.7 Å². The maximum atomic E-state index is 5.33. The summed E-state index contributed by atoms with van der Waals surface area (Å²) >= 11 is 0. The topological polar surface area (TPSA) is 30.5 Å². The molecule has 0 aliphatic heterocycles. The summed E-state index contributed by atoms with van der Waals surface area (Å²) in [5, 5.41) is 3.40. The first kappa shape index (κ1) is 14.6. The van der Waals surface area contributed by atoms with Gasteiger partial charge >= 0.3 is 0 Å². The second-order valence-corrected chi connectivity index (χ2v) is 5.14. The standard InChI is InChI=1S/C15H23NO2/c1-15(2,3)16-10-6-7-12-8-9-13(17-4)11-14(12)18-5/h6-9,11,16H,10H2,1-5H3. The summed E-state index contributed by atoms with van der Waals surface area (Å²) < 4.78 is 10.5. The van der Waals surface area contributed by atoms with Crippen molar-refractivity contribution in [1.82, 2.24) is 5.32 Å². The van der Waals surface area contributed by atoms with Crippen LogP contribution in [-0.4, -0.2) is 26.3 Å². The van der Waals surface area contributed by atoms with Crippen molar-refractivity contribution in [1.29, 1.82) is 0 Å². The van der Waals surface area contributed by atoms with Crippen LogP contribution in [0, 0.1) is 0 Å². The molecule has 0 saturated heterocycles. The van der Waals surface area contributed by atoms with Gasteiger partial charge in [0.05, 0.1) is 14.2 Å². The van der Waals surface area contributed by atoms with E-state index in [-0.39, 0.29) is 5.54 Å². The minimum absolute atomic E-state index is 0.133. The van der Waals surface area contributed by atoms with Crippen molar-refractivity contribution in [3.63, 3.8) is 0 Å². The molecule has 0 unspecified atom stereocenters. The Hall–Kier alpha value is -1.48. The second kappa shape index (κ2) is 6.45. The van der Waals surface area contributed by atoms with Crippen LogP contribution < -0.4 is 14.8 Å². The Labute approximate surface area is 110 Å². The minimum atomic E-state index is 0.133. The Bertz CT molecular complexity index is 405. The first-order valence-electron chi connectivity index (χ1n) is 6.10. The third kappa shape index (κ3) is 4.80. The van der Waals surface area contributed by atoms with Crippen molar-refractivity contribution in [2.75, 3.05) is 20.8 Å². The van der Waals surface area contributed by atoms with Gasteiger partial charge in [-0.3, -0.25) is 0 Å². The molecule has 18 heavy (non-hydrogen) atoms. The zero-order chi connectivity index (χ0) is 13.6. The summed E-state index contributed by atoms with van der Waals surface area (Å²) in [5.74, 6) is 1.62. The van der Waals surface area contributed by atoms with E-state index in [1.54, 1.807) is 14.2 Å². The molecule has 0 spiro atoms. The fourth-order valence-electron chi connectivity index (χ4n) is 1.51. The average molecular weight is 249 g/mol. The van der Waals surface area contributed by atoms with Gasteiger partial charge in [-0.1, -0.05) is 12.2 Å². The third-order valence-electron chi connectivity index (χ3n) is 2.49. The van der Waals surface area contributed by atoms with Crippen LogP contribution in [0.4, 0.5) is 0 Å². The molecule has 0 bridgehead atoms. The molecule has 0 atom stereocenters. The molecule has 0 heterocycles. The zero-order valence-corrected chi connectivity index (χ0v) is 11.9. The summed E-state index contributed by atoms with van der Waals surface area (Å²) in [6, 6.07) is 5.81. The maximum Gasteiger partial charge on any atom is 0.129 e. The van der Waals surface area contributed by atoms with Gasteiger partial charge in [-0.15, -0.1) is 0 Å². The smallest absolute Gasteiger partial charge is 0.129 e. The fraction of sp³-hybridized carbons (Fsp3) is 0.467. The molecule has 0 aliphatic rings. The average Bonchev–Trinajstić information content (AvgIpc) is 2.33. The molecule has 0 radical (unpaired) electrons. The van der Waals surface area contributed by atoms with E-state index in [9.17, 15) is 0 Å². The van der Waals surface area contributed by atoms with Crippen LogP contribution in [-0.2, 0) is 0 Å². The number of nitrogens with one attached hydrogen (secondary N) is 1. The number of hydrogen-bond acceptors (Lipinski definition) is 3. The number of benzene rings is 1. The van der Waals surface area contributed by atoms with Crippen LogP contribution in [0.1, 0.15) is 26.3 Å². The van der Waals surface area contributed by atoms with Crippen LogP contribution in [0.5, 0.6) is 11.5 Å². The molecule has 0 aliphatic carbocycles. The molecule has 0 amide bonds. The van der Waals surface area contributed by atoms with Gasteiger partial charge in [0.15, 0.2) is 0 Å². The van der Waals surface area contributed by atoms with Gasteiger partial charge in [0.2, 0.25) is 0 Å². The van der Waals surface area contributed by atoms with Gasteiger partial charge in [0.1, 0.15) is 11.5 Å². The number of rotatable bonds is 5. The van der Waals surface area contributed by atoms with E-state index >= 15 is 0 Å². The second-order valence-electron chi connectivity index (χ2n) is 5.14. The monoisotopic (exact) mass is 249 g/mol. The van der Waals surface area contributed by atoms with Gasteiger partial charge in [-0.2, -0.15) is 0 Å². The highest BCUT2D eigenvalue weighted by Crippen LogP contribution is 2.25. The highest BCUT2D eigenvalue weighted by atomic mass is 16.5. The van der Waals surface area contributed by atoms with Gasteiger partial charge < -0.3 is 14.8 Å². The summed E-state index contributed by atoms with van der Waals surface area (Å²) in [7, 11) is 3.32. The first-order chi connectivity index (χ1) is 8.46. The van der Waals surface area contributed by atoms with Crippen molar-refractivity contribution in [3.05, 3.63) is 29.8 Å². The molecule has 0 saturated carbocycles. The van der Waals surface area contributed by atoms with Crippen LogP contribution in [0.3, 0.4) is 0 Å². The molecule has 100 valence electrons. The lowest BCUT2D eigenvalue weighted by molar-refractivity contribution is 0.393. The van der Waals surface area contributed by atoms with Gasteiger partial charge in [0.25, 0.3) is 0 Å². The Balaban J connectivity index is 2.69. The van der Waals surface area contributed by atoms with E-state index < -0.39 is 0 Å². The molecule has 0 aromatic heterocycles. The lowest BCUT2D eigenvalue weighted by atomic mass is 10.1. The van der Waals surface area contributed by atoms with E-state index in [0.717, 1.165) is 23.6 Å². The number of methoxy groups -OCH3 is 2. The molecule has 3 heteroatoms. The van der Waals surface area contributed by atoms with Crippen LogP contribution in [0.2, 0.25) is 0 Å². The lowest BCUT2D eigenvalue weighted by Gasteiger charge is -2.18. The van der Waals surface area contributed by atoms with E-state index in [0.29, 0.717) is 0 Å². The zero-order valence-electron chi connectivity index (χ0n) is 11.9. The summed E-state index contributed by atoms with van der Waals surface area (Å²) in [5.41, 5.74) is 1.18. The minimum Gasteiger partial charge on any atom is -0.497 e. The van der Waals surface area contributed by atoms with Crippen LogP contribution in [0.25, 0.3) is 6.08 Å². The van der Waals surface area contributed by atoms with E-state index in [1.807, 2.05) is 18.2 Å². The van der Waals surface area contributed by atoms with E-state index in [1.165, 1.54) is 0 Å². The largest absolute Gasteiger partial charge is 0.497 e. The third-order valence-corrected chi connectivity index (χ3v) is 2.49. The van der Waals surface area contributed by atoms with Gasteiger partial charge in [-0.05, 0) is 32.9 Å². The quantitative estimate of drug-likeness (QED) is 0.869. The van der Waals surface area contributed by atoms with E-state index in [2.05, 4.69) is 38.2 Å². The van der Waals surface area contributed by atoms with Crippen molar-refractivity contribution >= 4 is 6.08 Å². The molecule has 1 aromatic rings. The summed E-state index contributed by atoms with van der Waals surface area (Å²) in [6.07, 6.45) is 4.15.